The first-order valence-electron chi connectivity index (χ1n) is 1.20. The second-order valence-electron chi connectivity index (χ2n) is 0.696. The number of halogens is 2. The quantitative estimate of drug-likeness (QED) is 0.482. The minimum atomic E-state index is 0.500. The maximum absolute atomic E-state index is 10.9. The van der Waals surface area contributed by atoms with E-state index in [2.05, 4.69) is 15.9 Å². The molecule has 0 saturated heterocycles. The van der Waals surface area contributed by atoms with Gasteiger partial charge in [0.05, 0.1) is 6.33 Å². The molecular weight excluding hydrogens is 135 g/mol. The molecule has 0 fully saturated rings. The molecule has 0 rings (SSSR count). The van der Waals surface area contributed by atoms with Gasteiger partial charge in [0, 0.05) is 4.48 Å². The summed E-state index contributed by atoms with van der Waals surface area (Å²) in [6.45, 7) is 1.62. The fourth-order valence-electron chi connectivity index (χ4n) is 0. The van der Waals surface area contributed by atoms with Gasteiger partial charge in [-0.05, 0) is 6.92 Å². The van der Waals surface area contributed by atoms with E-state index in [0.717, 1.165) is 0 Å². The standard InChI is InChI=1S/C3H4BrF/c1-3(4)2-5/h2H,1H3/b3-2-. The molecule has 0 aromatic heterocycles. The highest BCUT2D eigenvalue weighted by Crippen LogP contribution is 1.99. The molecule has 0 bridgehead atoms. The van der Waals surface area contributed by atoms with Crippen molar-refractivity contribution in [3.8, 4) is 0 Å². The van der Waals surface area contributed by atoms with Crippen molar-refractivity contribution in [2.24, 2.45) is 0 Å². The Hall–Kier alpha value is 0.150. The van der Waals surface area contributed by atoms with Crippen LogP contribution in [0.2, 0.25) is 0 Å². The van der Waals surface area contributed by atoms with Crippen LogP contribution in [-0.4, -0.2) is 0 Å². The van der Waals surface area contributed by atoms with Gasteiger partial charge >= 0.3 is 0 Å². The lowest BCUT2D eigenvalue weighted by Gasteiger charge is -1.67. The zero-order valence-corrected chi connectivity index (χ0v) is 4.42. The van der Waals surface area contributed by atoms with Crippen molar-refractivity contribution in [3.63, 3.8) is 0 Å². The molecule has 0 saturated carbocycles. The Morgan fingerprint density at radius 1 is 2.00 bits per heavy atom. The van der Waals surface area contributed by atoms with Gasteiger partial charge in [0.1, 0.15) is 0 Å². The summed E-state index contributed by atoms with van der Waals surface area (Å²) in [6, 6.07) is 0. The van der Waals surface area contributed by atoms with Crippen LogP contribution >= 0.6 is 15.9 Å². The van der Waals surface area contributed by atoms with Crippen LogP contribution in [0.25, 0.3) is 0 Å². The fraction of sp³-hybridized carbons (Fsp3) is 0.333. The highest BCUT2D eigenvalue weighted by molar-refractivity contribution is 9.11. The van der Waals surface area contributed by atoms with Gasteiger partial charge in [-0.2, -0.15) is 0 Å². The number of hydrogen-bond donors (Lipinski definition) is 0. The van der Waals surface area contributed by atoms with Crippen molar-refractivity contribution in [1.29, 1.82) is 0 Å². The Labute approximate surface area is 38.8 Å². The van der Waals surface area contributed by atoms with Crippen LogP contribution in [0.15, 0.2) is 10.8 Å². The summed E-state index contributed by atoms with van der Waals surface area (Å²) in [7, 11) is 0. The van der Waals surface area contributed by atoms with Gasteiger partial charge in [-0.3, -0.25) is 0 Å². The van der Waals surface area contributed by atoms with E-state index < -0.39 is 0 Å². The monoisotopic (exact) mass is 138 g/mol. The molecular formula is C3H4BrF. The molecule has 0 spiro atoms. The molecule has 0 aromatic rings. The molecule has 0 nitrogen and oxygen atoms in total. The molecule has 0 N–H and O–H groups in total. The Bertz CT molecular complexity index is 44.9. The van der Waals surface area contributed by atoms with E-state index in [1.165, 1.54) is 0 Å². The number of allylic oxidation sites excluding steroid dienone is 1. The SMILES string of the molecule is C/C(Br)=C/F. The van der Waals surface area contributed by atoms with Crippen molar-refractivity contribution in [1.82, 2.24) is 0 Å². The average Bonchev–Trinajstić information content (AvgIpc) is 1.38. The molecule has 0 radical (unpaired) electrons. The van der Waals surface area contributed by atoms with E-state index in [0.29, 0.717) is 10.8 Å². The van der Waals surface area contributed by atoms with Crippen LogP contribution in [0.1, 0.15) is 6.92 Å². The predicted octanol–water partition coefficient (Wildman–Crippen LogP) is 2.21. The van der Waals surface area contributed by atoms with Crippen LogP contribution in [0.3, 0.4) is 0 Å². The molecule has 0 atom stereocenters. The van der Waals surface area contributed by atoms with E-state index in [1.54, 1.807) is 6.92 Å². The fourth-order valence-corrected chi connectivity index (χ4v) is 0. The molecule has 30 valence electrons. The maximum Gasteiger partial charge on any atom is 0.0965 e. The lowest BCUT2D eigenvalue weighted by atomic mass is 10.8. The minimum Gasteiger partial charge on any atom is -0.215 e. The summed E-state index contributed by atoms with van der Waals surface area (Å²) in [4.78, 5) is 0. The summed E-state index contributed by atoms with van der Waals surface area (Å²) in [5.41, 5.74) is 0. The Kier molecular flexibility index (Phi) is 2.46. The Morgan fingerprint density at radius 2 is 2.20 bits per heavy atom. The van der Waals surface area contributed by atoms with E-state index >= 15 is 0 Å². The van der Waals surface area contributed by atoms with Crippen LogP contribution < -0.4 is 0 Å². The van der Waals surface area contributed by atoms with E-state index in [1.807, 2.05) is 0 Å². The Morgan fingerprint density at radius 3 is 2.20 bits per heavy atom. The number of rotatable bonds is 0. The van der Waals surface area contributed by atoms with Gasteiger partial charge in [0.2, 0.25) is 0 Å². The Balaban J connectivity index is 3.14. The molecule has 2 heteroatoms. The predicted molar refractivity (Wildman–Crippen MR) is 23.8 cm³/mol. The van der Waals surface area contributed by atoms with E-state index in [9.17, 15) is 4.39 Å². The highest BCUT2D eigenvalue weighted by atomic mass is 79.9. The summed E-state index contributed by atoms with van der Waals surface area (Å²) >= 11 is 2.86. The summed E-state index contributed by atoms with van der Waals surface area (Å²) in [5, 5.41) is 0. The second-order valence-corrected chi connectivity index (χ2v) is 1.95. The van der Waals surface area contributed by atoms with Gasteiger partial charge in [-0.1, -0.05) is 15.9 Å². The number of hydrogen-bond acceptors (Lipinski definition) is 0. The van der Waals surface area contributed by atoms with Crippen LogP contribution in [-0.2, 0) is 0 Å². The van der Waals surface area contributed by atoms with Gasteiger partial charge in [0.15, 0.2) is 0 Å². The van der Waals surface area contributed by atoms with E-state index in [-0.39, 0.29) is 0 Å². The third kappa shape index (κ3) is 4.15. The van der Waals surface area contributed by atoms with Gasteiger partial charge < -0.3 is 0 Å². The first-order chi connectivity index (χ1) is 2.27. The normalized spacial score (nSPS) is 12.2. The van der Waals surface area contributed by atoms with Crippen LogP contribution in [0.5, 0.6) is 0 Å². The van der Waals surface area contributed by atoms with Crippen molar-refractivity contribution >= 4 is 15.9 Å². The van der Waals surface area contributed by atoms with Crippen LogP contribution in [0.4, 0.5) is 4.39 Å². The lowest BCUT2D eigenvalue weighted by Crippen LogP contribution is -1.41. The van der Waals surface area contributed by atoms with Crippen molar-refractivity contribution in [3.05, 3.63) is 10.8 Å². The van der Waals surface area contributed by atoms with Crippen LogP contribution in [0, 0.1) is 0 Å². The maximum atomic E-state index is 10.9. The minimum absolute atomic E-state index is 0.500. The van der Waals surface area contributed by atoms with Crippen molar-refractivity contribution < 1.29 is 4.39 Å². The smallest absolute Gasteiger partial charge is 0.0965 e. The van der Waals surface area contributed by atoms with Gasteiger partial charge in [-0.25, -0.2) is 4.39 Å². The molecule has 0 aliphatic heterocycles. The molecule has 0 amide bonds. The molecule has 0 unspecified atom stereocenters. The topological polar surface area (TPSA) is 0 Å². The third-order valence-corrected chi connectivity index (χ3v) is 0.323. The third-order valence-electron chi connectivity index (χ3n) is 0.150. The molecule has 0 heterocycles. The highest BCUT2D eigenvalue weighted by Gasteiger charge is 1.67. The molecule has 0 aromatic carbocycles. The summed E-state index contributed by atoms with van der Waals surface area (Å²) in [5.74, 6) is 0. The molecule has 0 aliphatic rings. The first kappa shape index (κ1) is 5.15. The van der Waals surface area contributed by atoms with Crippen molar-refractivity contribution in [2.75, 3.05) is 0 Å². The second kappa shape index (κ2) is 2.39. The molecule has 5 heavy (non-hydrogen) atoms. The average molecular weight is 139 g/mol. The molecule has 0 aliphatic carbocycles. The zero-order chi connectivity index (χ0) is 4.28. The summed E-state index contributed by atoms with van der Waals surface area (Å²) < 4.78 is 11.4. The van der Waals surface area contributed by atoms with Crippen molar-refractivity contribution in [2.45, 2.75) is 6.92 Å². The largest absolute Gasteiger partial charge is 0.215 e. The van der Waals surface area contributed by atoms with Gasteiger partial charge in [0.25, 0.3) is 0 Å². The first-order valence-corrected chi connectivity index (χ1v) is 1.99. The van der Waals surface area contributed by atoms with Gasteiger partial charge in [-0.15, -0.1) is 0 Å². The lowest BCUT2D eigenvalue weighted by molar-refractivity contribution is 0.717. The zero-order valence-electron chi connectivity index (χ0n) is 2.83. The van der Waals surface area contributed by atoms with E-state index in [4.69, 9.17) is 0 Å². The summed E-state index contributed by atoms with van der Waals surface area (Å²) in [6.07, 6.45) is 0.500.